The molecule has 0 heterocycles. The minimum absolute atomic E-state index is 0.0164. The summed E-state index contributed by atoms with van der Waals surface area (Å²) >= 11 is 0. The van der Waals surface area contributed by atoms with E-state index in [4.69, 9.17) is 37.9 Å². The molecule has 94 heavy (non-hydrogen) atoms. The molecule has 1 aliphatic carbocycles. The fourth-order valence-corrected chi connectivity index (χ4v) is 10.6. The van der Waals surface area contributed by atoms with Gasteiger partial charge in [-0.05, 0) is 197 Å². The molecule has 0 unspecified atom stereocenters. The van der Waals surface area contributed by atoms with Gasteiger partial charge < -0.3 is 58.7 Å². The Labute approximate surface area is 548 Å². The quantitative estimate of drug-likeness (QED) is 0.0223. The van der Waals surface area contributed by atoms with Crippen LogP contribution in [0.15, 0.2) is 84.9 Å². The molecule has 8 bridgehead atoms. The van der Waals surface area contributed by atoms with Gasteiger partial charge in [0, 0.05) is 48.2 Å². The number of hydrogen-bond donors (Lipinski definition) is 4. The Kier molecular flexibility index (Phi) is 24.6. The van der Waals surface area contributed by atoms with Gasteiger partial charge in [0.25, 0.3) is 11.8 Å². The maximum atomic E-state index is 15.1. The molecule has 7 rings (SSSR count). The highest BCUT2D eigenvalue weighted by Crippen LogP contribution is 2.42. The second-order valence-electron chi connectivity index (χ2n) is 25.1. The summed E-state index contributed by atoms with van der Waals surface area (Å²) in [4.78, 5) is 110. The van der Waals surface area contributed by atoms with Gasteiger partial charge in [-0.2, -0.15) is 0 Å². The van der Waals surface area contributed by atoms with E-state index in [0.29, 0.717) is 93.2 Å². The maximum Gasteiger partial charge on any atom is 0.338 e. The number of anilines is 2. The first-order valence-electron chi connectivity index (χ1n) is 31.8. The lowest BCUT2D eigenvalue weighted by atomic mass is 9.88. The number of amides is 2. The van der Waals surface area contributed by atoms with Gasteiger partial charge in [0.05, 0.1) is 74.0 Å². The molecule has 0 atom stereocenters. The van der Waals surface area contributed by atoms with Gasteiger partial charge >= 0.3 is 35.8 Å². The van der Waals surface area contributed by atoms with E-state index in [9.17, 15) is 39.0 Å². The average Bonchev–Trinajstić information content (AvgIpc) is 0.807. The van der Waals surface area contributed by atoms with E-state index in [2.05, 4.69) is 10.6 Å². The summed E-state index contributed by atoms with van der Waals surface area (Å²) in [5.74, 6) is -5.59. The van der Waals surface area contributed by atoms with E-state index in [-0.39, 0.29) is 108 Å². The molecule has 0 aliphatic heterocycles. The van der Waals surface area contributed by atoms with Crippen molar-refractivity contribution < 1.29 is 86.5 Å². The number of benzene rings is 6. The number of rotatable bonds is 26. The molecule has 500 valence electrons. The molecule has 0 saturated carbocycles. The van der Waals surface area contributed by atoms with Crippen molar-refractivity contribution in [3.63, 3.8) is 0 Å². The highest BCUT2D eigenvalue weighted by Gasteiger charge is 2.30. The molecule has 20 nitrogen and oxygen atoms in total. The molecular weight excluding hydrogens is 1200 g/mol. The number of fused-ring (bicyclic) bond motifs is 8. The lowest BCUT2D eigenvalue weighted by molar-refractivity contribution is 0.00569. The van der Waals surface area contributed by atoms with Crippen molar-refractivity contribution in [2.24, 2.45) is 0 Å². The van der Waals surface area contributed by atoms with Crippen LogP contribution in [0.5, 0.6) is 23.0 Å². The van der Waals surface area contributed by atoms with Gasteiger partial charge in [-0.1, -0.05) is 53.4 Å². The van der Waals surface area contributed by atoms with Crippen LogP contribution in [0.1, 0.15) is 248 Å². The molecule has 4 N–H and O–H groups in total. The van der Waals surface area contributed by atoms with Gasteiger partial charge in [0.15, 0.2) is 0 Å². The van der Waals surface area contributed by atoms with Crippen molar-refractivity contribution in [3.8, 4) is 23.0 Å². The van der Waals surface area contributed by atoms with Gasteiger partial charge in [-0.25, -0.2) is 28.8 Å². The van der Waals surface area contributed by atoms with Crippen LogP contribution in [0.25, 0.3) is 0 Å². The fourth-order valence-electron chi connectivity index (χ4n) is 10.6. The lowest BCUT2D eigenvalue weighted by Crippen LogP contribution is -2.24. The number of unbranched alkanes of at least 4 members (excludes halogenated alkanes) is 4. The van der Waals surface area contributed by atoms with Crippen molar-refractivity contribution in [2.75, 3.05) is 51.3 Å². The standard InChI is InChI=1S/C74H86N2O18/c1-13-17-21-89-61-43-25-47-33-55(69(83)87-11)35-49(63(47)91-23-19-15-3)27-45-31-52(66(78)76-60-40-54(68(81)82)38-58(42-60)72(86)94-74(8,9)10)32-46(62(45)90-22-18-14-2)28-50-36-56(70(84)88-12)34-48(64(50)92-24-20-16-4)26-44(61)30-51(29-43)65(77)75-59-39-53(67(79)80)37-57(41-59)71(85)93-73(5,6)7/h29-42H,13-28H2,1-12H3,(H,75,77)(H,76,78)(H,79,80)(H,81,82). The summed E-state index contributed by atoms with van der Waals surface area (Å²) in [5.41, 5.74) is 1.45. The maximum absolute atomic E-state index is 15.1. The van der Waals surface area contributed by atoms with Crippen LogP contribution >= 0.6 is 0 Å². The number of aromatic carboxylic acids is 2. The SMILES string of the molecule is CCCCOc1c2cc(C(=O)Nc3cc(C(=O)O)cc(C(=O)OC(C)(C)C)c3)cc1Cc1cc(C(=O)OC)cc(c1OCCCC)Cc1cc(C(=O)Nc3cc(C(=O)O)cc(C(=O)OC(C)(C)C)c3)cc(c1OCCCC)Cc1cc(C(=O)OC)cc(c1OCCCC)C2. The normalized spacial score (nSPS) is 12.0. The third-order valence-electron chi connectivity index (χ3n) is 15.0. The number of carbonyl (C=O) groups excluding carboxylic acids is 6. The Balaban J connectivity index is 1.58. The van der Waals surface area contributed by atoms with E-state index in [1.165, 1.54) is 50.6 Å². The number of carboxylic acids is 2. The van der Waals surface area contributed by atoms with Crippen molar-refractivity contribution in [3.05, 3.63) is 174 Å². The summed E-state index contributed by atoms with van der Waals surface area (Å²) in [6.07, 6.45) is 5.33. The molecule has 0 radical (unpaired) electrons. The molecule has 6 aromatic rings. The van der Waals surface area contributed by atoms with Crippen LogP contribution in [-0.4, -0.2) is 110 Å². The zero-order chi connectivity index (χ0) is 68.6. The minimum atomic E-state index is -1.36. The largest absolute Gasteiger partial charge is 0.493 e. The molecule has 0 aromatic heterocycles. The number of hydrogen-bond acceptors (Lipinski definition) is 16. The van der Waals surface area contributed by atoms with Crippen LogP contribution < -0.4 is 29.6 Å². The number of nitrogens with one attached hydrogen (secondary N) is 2. The van der Waals surface area contributed by atoms with E-state index in [1.54, 1.807) is 90.1 Å². The van der Waals surface area contributed by atoms with Crippen molar-refractivity contribution in [1.82, 2.24) is 0 Å². The third kappa shape index (κ3) is 19.2. The first-order chi connectivity index (χ1) is 44.7. The van der Waals surface area contributed by atoms with Crippen LogP contribution in [0.4, 0.5) is 11.4 Å². The minimum Gasteiger partial charge on any atom is -0.493 e. The lowest BCUT2D eigenvalue weighted by Gasteiger charge is -2.24. The average molecular weight is 1290 g/mol. The van der Waals surface area contributed by atoms with E-state index >= 15 is 9.59 Å². The topological polar surface area (TPSA) is 275 Å². The molecule has 0 saturated heterocycles. The predicted octanol–water partition coefficient (Wildman–Crippen LogP) is 14.5. The third-order valence-corrected chi connectivity index (χ3v) is 15.0. The van der Waals surface area contributed by atoms with Crippen LogP contribution in [0.2, 0.25) is 0 Å². The molecule has 1 aliphatic rings. The zero-order valence-electron chi connectivity index (χ0n) is 55.8. The molecule has 0 fully saturated rings. The monoisotopic (exact) mass is 1290 g/mol. The van der Waals surface area contributed by atoms with Crippen LogP contribution in [0, 0.1) is 0 Å². The van der Waals surface area contributed by atoms with Crippen molar-refractivity contribution >= 4 is 59.0 Å². The number of carbonyl (C=O) groups is 8. The summed E-state index contributed by atoms with van der Waals surface area (Å²) in [6.45, 7) is 19.0. The predicted molar refractivity (Wildman–Crippen MR) is 354 cm³/mol. The number of esters is 4. The second-order valence-corrected chi connectivity index (χ2v) is 25.1. The highest BCUT2D eigenvalue weighted by atomic mass is 16.6. The van der Waals surface area contributed by atoms with Crippen molar-refractivity contribution in [2.45, 2.75) is 157 Å². The first-order valence-corrected chi connectivity index (χ1v) is 31.8. The van der Waals surface area contributed by atoms with Gasteiger partial charge in [-0.15, -0.1) is 0 Å². The Bertz CT molecular complexity index is 3490. The Morgan fingerprint density at radius 2 is 0.585 bits per heavy atom. The van der Waals surface area contributed by atoms with Crippen LogP contribution in [-0.2, 0) is 44.6 Å². The Morgan fingerprint density at radius 1 is 0.351 bits per heavy atom. The molecule has 6 aromatic carbocycles. The molecular formula is C74H86N2O18. The highest BCUT2D eigenvalue weighted by molar-refractivity contribution is 6.08. The first kappa shape index (κ1) is 71.7. The molecule has 2 amide bonds. The van der Waals surface area contributed by atoms with E-state index in [0.717, 1.165) is 25.7 Å². The fraction of sp³-hybridized carbons (Fsp3) is 0.405. The summed E-state index contributed by atoms with van der Waals surface area (Å²) < 4.78 is 49.4. The van der Waals surface area contributed by atoms with Crippen molar-refractivity contribution in [1.29, 1.82) is 0 Å². The summed E-state index contributed by atoms with van der Waals surface area (Å²) in [6, 6.07) is 20.7. The van der Waals surface area contributed by atoms with Crippen LogP contribution in [0.3, 0.4) is 0 Å². The van der Waals surface area contributed by atoms with E-state index in [1.807, 2.05) is 27.7 Å². The van der Waals surface area contributed by atoms with Gasteiger partial charge in [-0.3, -0.25) is 9.59 Å². The number of carboxylic acid groups (broad SMARTS) is 2. The zero-order valence-corrected chi connectivity index (χ0v) is 55.8. The Hall–Kier alpha value is -9.72. The van der Waals surface area contributed by atoms with Gasteiger partial charge in [0.1, 0.15) is 34.2 Å². The number of ether oxygens (including phenoxy) is 8. The molecule has 0 spiro atoms. The smallest absolute Gasteiger partial charge is 0.338 e. The summed E-state index contributed by atoms with van der Waals surface area (Å²) in [5, 5.41) is 26.1. The summed E-state index contributed by atoms with van der Waals surface area (Å²) in [7, 11) is 2.53. The number of methoxy groups -OCH3 is 2. The molecule has 20 heteroatoms. The second kappa shape index (κ2) is 32.2. The Morgan fingerprint density at radius 3 is 0.809 bits per heavy atom. The van der Waals surface area contributed by atoms with Gasteiger partial charge in [0.2, 0.25) is 0 Å². The van der Waals surface area contributed by atoms with E-state index < -0.39 is 58.8 Å².